The molecule has 2 rings (SSSR count). The third-order valence-corrected chi connectivity index (χ3v) is 6.47. The molecule has 1 amide bonds. The van der Waals surface area contributed by atoms with E-state index in [0.29, 0.717) is 22.8 Å². The number of fused-ring (bicyclic) bond motifs is 2. The molecule has 2 saturated carbocycles. The molecule has 0 heterocycles. The summed E-state index contributed by atoms with van der Waals surface area (Å²) in [4.78, 5) is 12.1. The molecule has 2 N–H and O–H groups in total. The molecule has 0 saturated heterocycles. The first-order valence-electron chi connectivity index (χ1n) is 8.20. The van der Waals surface area contributed by atoms with Gasteiger partial charge in [0.05, 0.1) is 6.04 Å². The SMILES string of the molecule is CNC(=O)C(CC(C)C)NC1CC2CCC1(C)C2(C)C. The minimum Gasteiger partial charge on any atom is -0.358 e. The first-order chi connectivity index (χ1) is 9.22. The minimum absolute atomic E-state index is 0.0445. The van der Waals surface area contributed by atoms with E-state index in [9.17, 15) is 4.79 Å². The zero-order valence-corrected chi connectivity index (χ0v) is 14.0. The molecule has 2 fully saturated rings. The van der Waals surface area contributed by atoms with Crippen molar-refractivity contribution in [3.63, 3.8) is 0 Å². The lowest BCUT2D eigenvalue weighted by molar-refractivity contribution is -0.123. The van der Waals surface area contributed by atoms with Crippen LogP contribution in [-0.2, 0) is 4.79 Å². The third kappa shape index (κ3) is 2.38. The second kappa shape index (κ2) is 5.32. The molecule has 2 bridgehead atoms. The molecule has 2 aliphatic rings. The summed E-state index contributed by atoms with van der Waals surface area (Å²) in [5.74, 6) is 1.49. The number of carbonyl (C=O) groups is 1. The molecule has 3 nitrogen and oxygen atoms in total. The van der Waals surface area contributed by atoms with Gasteiger partial charge in [0, 0.05) is 13.1 Å². The van der Waals surface area contributed by atoms with Crippen molar-refractivity contribution >= 4 is 5.91 Å². The Hall–Kier alpha value is -0.570. The predicted octanol–water partition coefficient (Wildman–Crippen LogP) is 2.95. The normalized spacial score (nSPS) is 36.4. The van der Waals surface area contributed by atoms with Crippen LogP contribution in [-0.4, -0.2) is 25.0 Å². The fourth-order valence-corrected chi connectivity index (χ4v) is 4.60. The average Bonchev–Trinajstić information content (AvgIpc) is 2.69. The van der Waals surface area contributed by atoms with Gasteiger partial charge in [-0.3, -0.25) is 4.79 Å². The number of nitrogens with one attached hydrogen (secondary N) is 2. The monoisotopic (exact) mass is 280 g/mol. The molecule has 4 atom stereocenters. The number of amides is 1. The van der Waals surface area contributed by atoms with E-state index in [4.69, 9.17) is 0 Å². The Balaban J connectivity index is 2.11. The van der Waals surface area contributed by atoms with E-state index in [1.54, 1.807) is 7.05 Å². The summed E-state index contributed by atoms with van der Waals surface area (Å²) < 4.78 is 0. The van der Waals surface area contributed by atoms with E-state index in [0.717, 1.165) is 12.3 Å². The fraction of sp³-hybridized carbons (Fsp3) is 0.941. The van der Waals surface area contributed by atoms with Crippen LogP contribution in [0.15, 0.2) is 0 Å². The lowest BCUT2D eigenvalue weighted by atomic mass is 9.69. The zero-order valence-electron chi connectivity index (χ0n) is 14.0. The quantitative estimate of drug-likeness (QED) is 0.813. The summed E-state index contributed by atoms with van der Waals surface area (Å²) in [6, 6.07) is 0.439. The van der Waals surface area contributed by atoms with Gasteiger partial charge in [0.25, 0.3) is 0 Å². The Morgan fingerprint density at radius 3 is 2.35 bits per heavy atom. The number of likely N-dealkylation sites (N-methyl/N-ethyl adjacent to an activating group) is 1. The van der Waals surface area contributed by atoms with Crippen molar-refractivity contribution in [3.8, 4) is 0 Å². The van der Waals surface area contributed by atoms with Gasteiger partial charge < -0.3 is 10.6 Å². The van der Waals surface area contributed by atoms with Gasteiger partial charge in [-0.25, -0.2) is 0 Å². The van der Waals surface area contributed by atoms with E-state index in [1.807, 2.05) is 0 Å². The Labute approximate surface area is 124 Å². The van der Waals surface area contributed by atoms with Crippen LogP contribution < -0.4 is 10.6 Å². The number of hydrogen-bond donors (Lipinski definition) is 2. The van der Waals surface area contributed by atoms with Crippen LogP contribution in [0.2, 0.25) is 0 Å². The second-order valence-electron chi connectivity index (χ2n) is 8.13. The fourth-order valence-electron chi connectivity index (χ4n) is 4.60. The molecular weight excluding hydrogens is 248 g/mol. The molecule has 3 heteroatoms. The standard InChI is InChI=1S/C17H32N2O/c1-11(2)9-13(15(20)18-6)19-14-10-12-7-8-17(14,5)16(12,3)4/h11-14,19H,7-10H2,1-6H3,(H,18,20). The number of carbonyl (C=O) groups excluding carboxylic acids is 1. The molecule has 0 radical (unpaired) electrons. The molecular formula is C17H32N2O. The van der Waals surface area contributed by atoms with E-state index >= 15 is 0 Å². The first kappa shape index (κ1) is 15.8. The van der Waals surface area contributed by atoms with Crippen LogP contribution in [0.4, 0.5) is 0 Å². The van der Waals surface area contributed by atoms with Gasteiger partial charge in [0.2, 0.25) is 5.91 Å². The maximum atomic E-state index is 12.1. The second-order valence-corrected chi connectivity index (χ2v) is 8.13. The number of rotatable bonds is 5. The largest absolute Gasteiger partial charge is 0.358 e. The highest BCUT2D eigenvalue weighted by Gasteiger charge is 2.61. The molecule has 20 heavy (non-hydrogen) atoms. The van der Waals surface area contributed by atoms with Crippen LogP contribution >= 0.6 is 0 Å². The average molecular weight is 280 g/mol. The van der Waals surface area contributed by atoms with Gasteiger partial charge >= 0.3 is 0 Å². The van der Waals surface area contributed by atoms with Gasteiger partial charge in [0.1, 0.15) is 0 Å². The molecule has 0 spiro atoms. The van der Waals surface area contributed by atoms with E-state index in [1.165, 1.54) is 19.3 Å². The zero-order chi connectivity index (χ0) is 15.1. The van der Waals surface area contributed by atoms with Crippen LogP contribution in [0.5, 0.6) is 0 Å². The Morgan fingerprint density at radius 1 is 1.30 bits per heavy atom. The summed E-state index contributed by atoms with van der Waals surface area (Å²) in [7, 11) is 1.74. The lowest BCUT2D eigenvalue weighted by Crippen LogP contribution is -2.53. The topological polar surface area (TPSA) is 41.1 Å². The number of hydrogen-bond acceptors (Lipinski definition) is 2. The summed E-state index contributed by atoms with van der Waals surface area (Å²) >= 11 is 0. The molecule has 2 aliphatic carbocycles. The smallest absolute Gasteiger partial charge is 0.236 e. The van der Waals surface area contributed by atoms with Crippen molar-refractivity contribution in [2.75, 3.05) is 7.05 Å². The van der Waals surface area contributed by atoms with Crippen molar-refractivity contribution in [3.05, 3.63) is 0 Å². The summed E-state index contributed by atoms with van der Waals surface area (Å²) in [6.07, 6.45) is 4.80. The summed E-state index contributed by atoms with van der Waals surface area (Å²) in [5, 5.41) is 6.53. The van der Waals surface area contributed by atoms with Crippen LogP contribution in [0, 0.1) is 22.7 Å². The van der Waals surface area contributed by atoms with E-state index < -0.39 is 0 Å². The first-order valence-corrected chi connectivity index (χ1v) is 8.20. The molecule has 0 aliphatic heterocycles. The van der Waals surface area contributed by atoms with Gasteiger partial charge in [0.15, 0.2) is 0 Å². The van der Waals surface area contributed by atoms with Crippen LogP contribution in [0.25, 0.3) is 0 Å². The van der Waals surface area contributed by atoms with Crippen molar-refractivity contribution in [1.29, 1.82) is 0 Å². The molecule has 0 aromatic rings. The van der Waals surface area contributed by atoms with Gasteiger partial charge in [-0.2, -0.15) is 0 Å². The van der Waals surface area contributed by atoms with Crippen LogP contribution in [0.1, 0.15) is 60.3 Å². The maximum Gasteiger partial charge on any atom is 0.236 e. The molecule has 4 unspecified atom stereocenters. The third-order valence-electron chi connectivity index (χ3n) is 6.47. The molecule has 0 aromatic carbocycles. The lowest BCUT2D eigenvalue weighted by Gasteiger charge is -2.41. The highest BCUT2D eigenvalue weighted by molar-refractivity contribution is 5.81. The Kier molecular flexibility index (Phi) is 4.21. The Morgan fingerprint density at radius 2 is 1.95 bits per heavy atom. The van der Waals surface area contributed by atoms with Crippen molar-refractivity contribution in [2.45, 2.75) is 72.4 Å². The van der Waals surface area contributed by atoms with Crippen molar-refractivity contribution < 1.29 is 4.79 Å². The summed E-state index contributed by atoms with van der Waals surface area (Å²) in [6.45, 7) is 11.6. The van der Waals surface area contributed by atoms with E-state index in [-0.39, 0.29) is 11.9 Å². The minimum atomic E-state index is -0.0445. The van der Waals surface area contributed by atoms with Gasteiger partial charge in [-0.15, -0.1) is 0 Å². The highest BCUT2D eigenvalue weighted by atomic mass is 16.2. The molecule has 0 aromatic heterocycles. The van der Waals surface area contributed by atoms with Crippen LogP contribution in [0.3, 0.4) is 0 Å². The predicted molar refractivity (Wildman–Crippen MR) is 83.5 cm³/mol. The van der Waals surface area contributed by atoms with E-state index in [2.05, 4.69) is 45.3 Å². The Bertz CT molecular complexity index is 377. The van der Waals surface area contributed by atoms with Gasteiger partial charge in [-0.05, 0) is 48.3 Å². The van der Waals surface area contributed by atoms with Gasteiger partial charge in [-0.1, -0.05) is 34.6 Å². The summed E-state index contributed by atoms with van der Waals surface area (Å²) in [5.41, 5.74) is 0.733. The maximum absolute atomic E-state index is 12.1. The molecule has 116 valence electrons. The van der Waals surface area contributed by atoms with Crippen molar-refractivity contribution in [1.82, 2.24) is 10.6 Å². The highest BCUT2D eigenvalue weighted by Crippen LogP contribution is 2.65. The van der Waals surface area contributed by atoms with Crippen molar-refractivity contribution in [2.24, 2.45) is 22.7 Å².